The monoisotopic (exact) mass is 312 g/mol. The zero-order valence-corrected chi connectivity index (χ0v) is 12.1. The van der Waals surface area contributed by atoms with Gasteiger partial charge in [0.25, 0.3) is 0 Å². The van der Waals surface area contributed by atoms with Gasteiger partial charge in [0, 0.05) is 16.5 Å². The van der Waals surface area contributed by atoms with Gasteiger partial charge in [-0.05, 0) is 35.9 Å². The van der Waals surface area contributed by atoms with Crippen molar-refractivity contribution in [1.29, 1.82) is 0 Å². The molecule has 0 atom stereocenters. The molecule has 2 aromatic carbocycles. The van der Waals surface area contributed by atoms with Gasteiger partial charge in [-0.3, -0.25) is 4.79 Å². The lowest BCUT2D eigenvalue weighted by atomic mass is 10.0. The average molecular weight is 313 g/mol. The molecule has 0 fully saturated rings. The van der Waals surface area contributed by atoms with E-state index in [1.165, 1.54) is 25.3 Å². The number of carbonyl (C=O) groups is 1. The summed E-state index contributed by atoms with van der Waals surface area (Å²) in [6.45, 7) is 0. The van der Waals surface area contributed by atoms with Gasteiger partial charge < -0.3 is 4.74 Å². The van der Waals surface area contributed by atoms with Crippen molar-refractivity contribution in [2.24, 2.45) is 0 Å². The minimum Gasteiger partial charge on any atom is -0.496 e. The second-order valence-electron chi connectivity index (χ2n) is 4.18. The highest BCUT2D eigenvalue weighted by Gasteiger charge is 2.15. The molecule has 0 saturated heterocycles. The Bertz CT molecular complexity index is 656. The average Bonchev–Trinajstić information content (AvgIpc) is 2.41. The molecule has 0 N–H and O–H groups in total. The van der Waals surface area contributed by atoms with E-state index in [2.05, 4.69) is 0 Å². The van der Waals surface area contributed by atoms with Crippen molar-refractivity contribution < 1.29 is 13.9 Å². The van der Waals surface area contributed by atoms with Crippen LogP contribution in [-0.4, -0.2) is 12.9 Å². The molecule has 2 aromatic rings. The van der Waals surface area contributed by atoms with Crippen LogP contribution in [0.4, 0.5) is 4.39 Å². The highest BCUT2D eigenvalue weighted by Crippen LogP contribution is 2.25. The fourth-order valence-corrected chi connectivity index (χ4v) is 2.16. The van der Waals surface area contributed by atoms with Crippen molar-refractivity contribution in [2.75, 3.05) is 7.11 Å². The van der Waals surface area contributed by atoms with E-state index in [-0.39, 0.29) is 17.8 Å². The third kappa shape index (κ3) is 3.30. The molecule has 0 spiro atoms. The Kier molecular flexibility index (Phi) is 4.63. The van der Waals surface area contributed by atoms with Crippen LogP contribution >= 0.6 is 23.2 Å². The van der Waals surface area contributed by atoms with E-state index >= 15 is 0 Å². The van der Waals surface area contributed by atoms with Crippen molar-refractivity contribution in [3.63, 3.8) is 0 Å². The number of Topliss-reactive ketones (excluding diaryl/α,β-unsaturated/α-hetero) is 1. The Balaban J connectivity index is 2.30. The SMILES string of the molecule is COc1ccc(Cl)cc1C(=O)Cc1ccc(Cl)cc1F. The summed E-state index contributed by atoms with van der Waals surface area (Å²) < 4.78 is 18.8. The predicted octanol–water partition coefficient (Wildman–Crippen LogP) is 4.57. The Morgan fingerprint density at radius 3 is 2.45 bits per heavy atom. The summed E-state index contributed by atoms with van der Waals surface area (Å²) in [7, 11) is 1.46. The second kappa shape index (κ2) is 6.25. The van der Waals surface area contributed by atoms with Crippen LogP contribution in [0.3, 0.4) is 0 Å². The smallest absolute Gasteiger partial charge is 0.171 e. The van der Waals surface area contributed by atoms with Crippen LogP contribution in [-0.2, 0) is 6.42 Å². The first-order valence-corrected chi connectivity index (χ1v) is 6.57. The van der Waals surface area contributed by atoms with E-state index in [1.807, 2.05) is 0 Å². The first-order valence-electron chi connectivity index (χ1n) is 5.82. The van der Waals surface area contributed by atoms with Crippen LogP contribution in [0.5, 0.6) is 5.75 Å². The zero-order valence-electron chi connectivity index (χ0n) is 10.6. The van der Waals surface area contributed by atoms with Gasteiger partial charge in [0.15, 0.2) is 5.78 Å². The molecule has 0 aliphatic heterocycles. The van der Waals surface area contributed by atoms with E-state index in [9.17, 15) is 9.18 Å². The zero-order chi connectivity index (χ0) is 14.7. The van der Waals surface area contributed by atoms with E-state index in [4.69, 9.17) is 27.9 Å². The van der Waals surface area contributed by atoms with Gasteiger partial charge in [-0.2, -0.15) is 0 Å². The van der Waals surface area contributed by atoms with E-state index in [0.29, 0.717) is 21.4 Å². The number of halogens is 3. The number of methoxy groups -OCH3 is 1. The van der Waals surface area contributed by atoms with Gasteiger partial charge in [0.2, 0.25) is 0 Å². The topological polar surface area (TPSA) is 26.3 Å². The molecular formula is C15H11Cl2FO2. The van der Waals surface area contributed by atoms with Crippen LogP contribution in [0.1, 0.15) is 15.9 Å². The summed E-state index contributed by atoms with van der Waals surface area (Å²) in [6, 6.07) is 8.96. The van der Waals surface area contributed by atoms with E-state index in [1.54, 1.807) is 18.2 Å². The molecule has 0 bridgehead atoms. The Morgan fingerprint density at radius 1 is 1.15 bits per heavy atom. The quantitative estimate of drug-likeness (QED) is 0.773. The second-order valence-corrected chi connectivity index (χ2v) is 5.05. The van der Waals surface area contributed by atoms with Crippen LogP contribution in [0.15, 0.2) is 36.4 Å². The summed E-state index contributed by atoms with van der Waals surface area (Å²) >= 11 is 11.6. The fourth-order valence-electron chi connectivity index (χ4n) is 1.83. The molecule has 2 nitrogen and oxygen atoms in total. The molecule has 104 valence electrons. The van der Waals surface area contributed by atoms with Crippen LogP contribution in [0.2, 0.25) is 10.0 Å². The molecule has 5 heteroatoms. The van der Waals surface area contributed by atoms with Gasteiger partial charge in [0.05, 0.1) is 12.7 Å². The molecule has 0 heterocycles. The number of ketones is 1. The lowest BCUT2D eigenvalue weighted by molar-refractivity contribution is 0.0989. The number of rotatable bonds is 4. The van der Waals surface area contributed by atoms with Gasteiger partial charge in [-0.15, -0.1) is 0 Å². The maximum absolute atomic E-state index is 13.7. The minimum atomic E-state index is -0.508. The third-order valence-electron chi connectivity index (χ3n) is 2.83. The first kappa shape index (κ1) is 14.8. The molecule has 2 rings (SSSR count). The van der Waals surface area contributed by atoms with Gasteiger partial charge in [-0.1, -0.05) is 29.3 Å². The molecule has 0 aromatic heterocycles. The summed E-state index contributed by atoms with van der Waals surface area (Å²) in [6.07, 6.45) is -0.0836. The summed E-state index contributed by atoms with van der Waals surface area (Å²) in [4.78, 5) is 12.2. The summed E-state index contributed by atoms with van der Waals surface area (Å²) in [5.41, 5.74) is 0.607. The molecule has 0 aliphatic carbocycles. The number of hydrogen-bond donors (Lipinski definition) is 0. The van der Waals surface area contributed by atoms with Crippen molar-refractivity contribution >= 4 is 29.0 Å². The van der Waals surface area contributed by atoms with E-state index in [0.717, 1.165) is 0 Å². The van der Waals surface area contributed by atoms with Crippen LogP contribution in [0, 0.1) is 5.82 Å². The maximum atomic E-state index is 13.7. The van der Waals surface area contributed by atoms with E-state index < -0.39 is 5.82 Å². The molecule has 0 unspecified atom stereocenters. The van der Waals surface area contributed by atoms with Gasteiger partial charge >= 0.3 is 0 Å². The van der Waals surface area contributed by atoms with Crippen molar-refractivity contribution in [3.05, 3.63) is 63.4 Å². The minimum absolute atomic E-state index is 0.0836. The normalized spacial score (nSPS) is 10.4. The summed E-state index contributed by atoms with van der Waals surface area (Å²) in [5.74, 6) is -0.369. The van der Waals surface area contributed by atoms with Crippen molar-refractivity contribution in [1.82, 2.24) is 0 Å². The lowest BCUT2D eigenvalue weighted by Gasteiger charge is -2.08. The predicted molar refractivity (Wildman–Crippen MR) is 77.4 cm³/mol. The Hall–Kier alpha value is -1.58. The largest absolute Gasteiger partial charge is 0.496 e. The van der Waals surface area contributed by atoms with Crippen LogP contribution in [0.25, 0.3) is 0 Å². The molecule has 0 saturated carbocycles. The standard InChI is InChI=1S/C15H11Cl2FO2/c1-20-15-5-4-10(16)7-12(15)14(19)6-9-2-3-11(17)8-13(9)18/h2-5,7-8H,6H2,1H3. The fraction of sp³-hybridized carbons (Fsp3) is 0.133. The highest BCUT2D eigenvalue weighted by atomic mass is 35.5. The van der Waals surface area contributed by atoms with Crippen molar-refractivity contribution in [3.8, 4) is 5.75 Å². The number of ether oxygens (including phenoxy) is 1. The Morgan fingerprint density at radius 2 is 1.80 bits per heavy atom. The number of benzene rings is 2. The van der Waals surface area contributed by atoms with Crippen LogP contribution < -0.4 is 4.74 Å². The summed E-state index contributed by atoms with van der Waals surface area (Å²) in [5, 5.41) is 0.713. The maximum Gasteiger partial charge on any atom is 0.171 e. The molecular weight excluding hydrogens is 302 g/mol. The Labute approximate surface area is 126 Å². The van der Waals surface area contributed by atoms with Gasteiger partial charge in [-0.25, -0.2) is 4.39 Å². The number of hydrogen-bond acceptors (Lipinski definition) is 2. The van der Waals surface area contributed by atoms with Crippen molar-refractivity contribution in [2.45, 2.75) is 6.42 Å². The first-order chi connectivity index (χ1) is 9.51. The molecule has 0 radical (unpaired) electrons. The molecule has 0 amide bonds. The molecule has 20 heavy (non-hydrogen) atoms. The third-order valence-corrected chi connectivity index (χ3v) is 3.30. The molecule has 0 aliphatic rings. The lowest BCUT2D eigenvalue weighted by Crippen LogP contribution is -2.07. The highest BCUT2D eigenvalue weighted by molar-refractivity contribution is 6.31. The number of carbonyl (C=O) groups excluding carboxylic acids is 1. The van der Waals surface area contributed by atoms with Gasteiger partial charge in [0.1, 0.15) is 11.6 Å².